The van der Waals surface area contributed by atoms with Gasteiger partial charge in [0.2, 0.25) is 0 Å². The Kier molecular flexibility index (Phi) is 4.00. The highest BCUT2D eigenvalue weighted by Gasteiger charge is 2.48. The maximum atomic E-state index is 12.7. The molecule has 30 heavy (non-hydrogen) atoms. The van der Waals surface area contributed by atoms with E-state index in [1.165, 1.54) is 18.2 Å². The van der Waals surface area contributed by atoms with Crippen molar-refractivity contribution in [3.8, 4) is 11.4 Å². The molecule has 1 aliphatic carbocycles. The zero-order valence-corrected chi connectivity index (χ0v) is 16.7. The van der Waals surface area contributed by atoms with E-state index in [1.54, 1.807) is 31.2 Å². The highest BCUT2D eigenvalue weighted by molar-refractivity contribution is 7.90. The Morgan fingerprint density at radius 1 is 1.17 bits per heavy atom. The van der Waals surface area contributed by atoms with Crippen molar-refractivity contribution in [3.05, 3.63) is 59.4 Å². The van der Waals surface area contributed by atoms with Crippen LogP contribution in [0.4, 0.5) is 5.69 Å². The van der Waals surface area contributed by atoms with Gasteiger partial charge in [0.05, 0.1) is 5.56 Å². The van der Waals surface area contributed by atoms with Crippen molar-refractivity contribution in [1.29, 1.82) is 0 Å². The van der Waals surface area contributed by atoms with Gasteiger partial charge in [-0.05, 0) is 62.2 Å². The largest absolute Gasteiger partial charge is 0.322 e. The standard InChI is InChI=1S/C20H17N5O4S/c1-11-21-18(24-23-11)12-2-5-14(6-3-12)22-19(26)13-4-9-16-17(10-13)30(28,29)25(20(16)27)15-7-8-15/h2-6,9-10,15H,7-8H2,1H3,(H,22,26)(H,21,23,24). The molecule has 5 rings (SSSR count). The molecule has 2 amide bonds. The van der Waals surface area contributed by atoms with E-state index in [9.17, 15) is 18.0 Å². The van der Waals surface area contributed by atoms with Gasteiger partial charge in [-0.15, -0.1) is 0 Å². The Morgan fingerprint density at radius 2 is 1.90 bits per heavy atom. The number of aromatic amines is 1. The number of carbonyl (C=O) groups excluding carboxylic acids is 2. The Bertz CT molecular complexity index is 1290. The molecule has 2 heterocycles. The summed E-state index contributed by atoms with van der Waals surface area (Å²) < 4.78 is 26.4. The molecule has 0 saturated heterocycles. The fourth-order valence-electron chi connectivity index (χ4n) is 3.44. The third kappa shape index (κ3) is 2.96. The molecule has 1 aromatic heterocycles. The molecule has 9 nitrogen and oxygen atoms in total. The first-order chi connectivity index (χ1) is 14.3. The van der Waals surface area contributed by atoms with Crippen LogP contribution >= 0.6 is 0 Å². The minimum Gasteiger partial charge on any atom is -0.322 e. The second-order valence-electron chi connectivity index (χ2n) is 7.32. The normalized spacial score (nSPS) is 17.1. The number of hydrogen-bond donors (Lipinski definition) is 2. The predicted octanol–water partition coefficient (Wildman–Crippen LogP) is 2.34. The Balaban J connectivity index is 1.38. The first kappa shape index (κ1) is 18.5. The smallest absolute Gasteiger partial charge is 0.269 e. The monoisotopic (exact) mass is 423 g/mol. The van der Waals surface area contributed by atoms with Crippen molar-refractivity contribution in [2.75, 3.05) is 5.32 Å². The number of carbonyl (C=O) groups is 2. The maximum absolute atomic E-state index is 12.7. The molecule has 152 valence electrons. The number of hydrogen-bond acceptors (Lipinski definition) is 6. The van der Waals surface area contributed by atoms with E-state index in [1.807, 2.05) is 0 Å². The maximum Gasteiger partial charge on any atom is 0.269 e. The van der Waals surface area contributed by atoms with Crippen LogP contribution < -0.4 is 5.32 Å². The van der Waals surface area contributed by atoms with Gasteiger partial charge in [0.25, 0.3) is 21.8 Å². The summed E-state index contributed by atoms with van der Waals surface area (Å²) in [6.07, 6.45) is 1.35. The zero-order chi connectivity index (χ0) is 21.0. The summed E-state index contributed by atoms with van der Waals surface area (Å²) >= 11 is 0. The molecule has 1 saturated carbocycles. The van der Waals surface area contributed by atoms with Crippen LogP contribution in [0.25, 0.3) is 11.4 Å². The van der Waals surface area contributed by atoms with E-state index >= 15 is 0 Å². The lowest BCUT2D eigenvalue weighted by molar-refractivity contribution is 0.0864. The summed E-state index contributed by atoms with van der Waals surface area (Å²) in [6, 6.07) is 10.8. The molecule has 0 radical (unpaired) electrons. The van der Waals surface area contributed by atoms with Crippen molar-refractivity contribution in [2.24, 2.45) is 0 Å². The van der Waals surface area contributed by atoms with E-state index in [0.29, 0.717) is 30.2 Å². The second kappa shape index (κ2) is 6.49. The van der Waals surface area contributed by atoms with E-state index < -0.39 is 21.8 Å². The van der Waals surface area contributed by atoms with Gasteiger partial charge < -0.3 is 5.32 Å². The molecule has 0 unspecified atom stereocenters. The molecular weight excluding hydrogens is 406 g/mol. The number of sulfonamides is 1. The summed E-state index contributed by atoms with van der Waals surface area (Å²) in [6.45, 7) is 1.80. The van der Waals surface area contributed by atoms with Crippen LogP contribution in [-0.2, 0) is 10.0 Å². The van der Waals surface area contributed by atoms with Gasteiger partial charge >= 0.3 is 0 Å². The third-order valence-corrected chi connectivity index (χ3v) is 6.96. The lowest BCUT2D eigenvalue weighted by Crippen LogP contribution is -2.31. The van der Waals surface area contributed by atoms with Crippen molar-refractivity contribution >= 4 is 27.5 Å². The number of nitrogens with zero attached hydrogens (tertiary/aromatic N) is 3. The summed E-state index contributed by atoms with van der Waals surface area (Å²) in [5.74, 6) is 0.274. The fraction of sp³-hybridized carbons (Fsp3) is 0.200. The van der Waals surface area contributed by atoms with Crippen LogP contribution in [0.15, 0.2) is 47.4 Å². The SMILES string of the molecule is Cc1nc(-c2ccc(NC(=O)c3ccc4c(c3)S(=O)(=O)N(C3CC3)C4=O)cc2)n[nH]1. The average molecular weight is 423 g/mol. The third-order valence-electron chi connectivity index (χ3n) is 5.09. The number of aromatic nitrogens is 3. The molecule has 2 N–H and O–H groups in total. The fourth-order valence-corrected chi connectivity index (χ4v) is 5.28. The molecule has 2 aromatic carbocycles. The van der Waals surface area contributed by atoms with Gasteiger partial charge in [0.1, 0.15) is 10.7 Å². The van der Waals surface area contributed by atoms with Crippen LogP contribution in [0.3, 0.4) is 0 Å². The summed E-state index contributed by atoms with van der Waals surface area (Å²) in [5, 5.41) is 9.60. The van der Waals surface area contributed by atoms with Gasteiger partial charge in [-0.2, -0.15) is 5.10 Å². The van der Waals surface area contributed by atoms with Crippen LogP contribution in [0.5, 0.6) is 0 Å². The number of H-pyrrole nitrogens is 1. The van der Waals surface area contributed by atoms with Crippen molar-refractivity contribution in [3.63, 3.8) is 0 Å². The van der Waals surface area contributed by atoms with Gasteiger partial charge in [0.15, 0.2) is 5.82 Å². The lowest BCUT2D eigenvalue weighted by atomic mass is 10.1. The number of benzene rings is 2. The molecule has 2 aliphatic rings. The van der Waals surface area contributed by atoms with Crippen molar-refractivity contribution in [2.45, 2.75) is 30.7 Å². The quantitative estimate of drug-likeness (QED) is 0.664. The lowest BCUT2D eigenvalue weighted by Gasteiger charge is -2.13. The van der Waals surface area contributed by atoms with Crippen LogP contribution in [0.2, 0.25) is 0 Å². The topological polar surface area (TPSA) is 125 Å². The Morgan fingerprint density at radius 3 is 2.53 bits per heavy atom. The van der Waals surface area contributed by atoms with Crippen molar-refractivity contribution < 1.29 is 18.0 Å². The van der Waals surface area contributed by atoms with Gasteiger partial charge in [-0.1, -0.05) is 0 Å². The molecule has 1 fully saturated rings. The zero-order valence-electron chi connectivity index (χ0n) is 15.9. The van der Waals surface area contributed by atoms with E-state index in [0.717, 1.165) is 9.87 Å². The van der Waals surface area contributed by atoms with E-state index in [-0.39, 0.29) is 22.1 Å². The van der Waals surface area contributed by atoms with Gasteiger partial charge in [-0.25, -0.2) is 17.7 Å². The molecule has 0 bridgehead atoms. The minimum absolute atomic E-state index is 0.109. The van der Waals surface area contributed by atoms with Crippen LogP contribution in [0, 0.1) is 6.92 Å². The highest BCUT2D eigenvalue weighted by Crippen LogP contribution is 2.39. The second-order valence-corrected chi connectivity index (χ2v) is 9.11. The van der Waals surface area contributed by atoms with Crippen molar-refractivity contribution in [1.82, 2.24) is 19.5 Å². The molecular formula is C20H17N5O4S. The summed E-state index contributed by atoms with van der Waals surface area (Å²) in [5.41, 5.74) is 1.61. The summed E-state index contributed by atoms with van der Waals surface area (Å²) in [7, 11) is -3.91. The van der Waals surface area contributed by atoms with E-state index in [4.69, 9.17) is 0 Å². The summed E-state index contributed by atoms with van der Waals surface area (Å²) in [4.78, 5) is 29.3. The number of nitrogens with one attached hydrogen (secondary N) is 2. The number of anilines is 1. The van der Waals surface area contributed by atoms with E-state index in [2.05, 4.69) is 20.5 Å². The minimum atomic E-state index is -3.91. The van der Waals surface area contributed by atoms with Gasteiger partial charge in [-0.3, -0.25) is 14.7 Å². The molecule has 3 aromatic rings. The molecule has 10 heteroatoms. The van der Waals surface area contributed by atoms with Crippen LogP contribution in [-0.4, -0.2) is 45.8 Å². The molecule has 0 atom stereocenters. The molecule has 1 aliphatic heterocycles. The number of rotatable bonds is 4. The molecule has 0 spiro atoms. The predicted molar refractivity (Wildman–Crippen MR) is 107 cm³/mol. The number of fused-ring (bicyclic) bond motifs is 1. The number of amides is 2. The Hall–Kier alpha value is -3.53. The first-order valence-corrected chi connectivity index (χ1v) is 10.8. The van der Waals surface area contributed by atoms with Crippen LogP contribution in [0.1, 0.15) is 39.4 Å². The Labute approximate surface area is 172 Å². The first-order valence-electron chi connectivity index (χ1n) is 9.38. The van der Waals surface area contributed by atoms with Gasteiger partial charge in [0, 0.05) is 22.9 Å². The number of aryl methyl sites for hydroxylation is 1. The average Bonchev–Trinajstić information content (AvgIpc) is 3.42. The highest BCUT2D eigenvalue weighted by atomic mass is 32.2.